The van der Waals surface area contributed by atoms with Gasteiger partial charge in [-0.1, -0.05) is 0 Å². The Labute approximate surface area is 117 Å². The molecule has 0 aromatic heterocycles. The molecule has 0 fully saturated rings. The van der Waals surface area contributed by atoms with E-state index in [1.807, 2.05) is 0 Å². The van der Waals surface area contributed by atoms with Crippen LogP contribution >= 0.6 is 0 Å². The molecule has 0 atom stereocenters. The molecule has 0 heterocycles. The average molecular weight is 378 g/mol. The van der Waals surface area contributed by atoms with E-state index in [1.54, 1.807) is 0 Å². The molecule has 0 aliphatic carbocycles. The third kappa shape index (κ3) is 4.00. The van der Waals surface area contributed by atoms with Crippen LogP contribution in [0.4, 0.5) is 61.5 Å². The number of allylic oxidation sites excluding steroid dienone is 1. The summed E-state index contributed by atoms with van der Waals surface area (Å²) in [6.07, 6.45) is -24.1. The van der Waals surface area contributed by atoms with Crippen molar-refractivity contribution in [2.45, 2.75) is 42.7 Å². The van der Waals surface area contributed by atoms with Crippen LogP contribution in [0.3, 0.4) is 0 Å². The second kappa shape index (κ2) is 6.00. The quantitative estimate of drug-likeness (QED) is 0.519. The number of hydrogen-bond acceptors (Lipinski definition) is 0. The molecule has 0 aliphatic heterocycles. The molecule has 0 aliphatic rings. The molecule has 0 spiro atoms. The molecule has 138 valence electrons. The first-order chi connectivity index (χ1) is 9.81. The van der Waals surface area contributed by atoms with Crippen LogP contribution in [0.2, 0.25) is 0 Å². The van der Waals surface area contributed by atoms with Gasteiger partial charge in [0.2, 0.25) is 5.83 Å². The van der Waals surface area contributed by atoms with Gasteiger partial charge in [-0.15, -0.1) is 0 Å². The lowest BCUT2D eigenvalue weighted by Gasteiger charge is -2.32. The topological polar surface area (TPSA) is 0 Å². The fourth-order valence-electron chi connectivity index (χ4n) is 1.21. The van der Waals surface area contributed by atoms with Crippen molar-refractivity contribution in [2.24, 2.45) is 0 Å². The van der Waals surface area contributed by atoms with Crippen molar-refractivity contribution < 1.29 is 61.5 Å². The molecule has 0 radical (unpaired) electrons. The lowest BCUT2D eigenvalue weighted by atomic mass is 9.93. The lowest BCUT2D eigenvalue weighted by molar-refractivity contribution is -0.347. The zero-order valence-corrected chi connectivity index (χ0v) is 10.2. The minimum atomic E-state index is -6.81. The second-order valence-corrected chi connectivity index (χ2v) is 4.15. The highest BCUT2D eigenvalue weighted by Gasteiger charge is 2.73. The molecule has 0 unspecified atom stereocenters. The van der Waals surface area contributed by atoms with Gasteiger partial charge in [0.1, 0.15) is 0 Å². The molecular weight excluding hydrogens is 374 g/mol. The van der Waals surface area contributed by atoms with Crippen LogP contribution in [0.15, 0.2) is 11.9 Å². The van der Waals surface area contributed by atoms with Crippen LogP contribution in [0.25, 0.3) is 0 Å². The van der Waals surface area contributed by atoms with E-state index >= 15 is 0 Å². The molecule has 0 amide bonds. The monoisotopic (exact) mass is 378 g/mol. The Balaban J connectivity index is 5.62. The van der Waals surface area contributed by atoms with Crippen LogP contribution in [-0.4, -0.2) is 29.9 Å². The summed E-state index contributed by atoms with van der Waals surface area (Å²) in [6, 6.07) is 0. The summed E-state index contributed by atoms with van der Waals surface area (Å²) >= 11 is 0. The van der Waals surface area contributed by atoms with Gasteiger partial charge in [-0.3, -0.25) is 0 Å². The zero-order valence-electron chi connectivity index (χ0n) is 10.2. The summed E-state index contributed by atoms with van der Waals surface area (Å²) in [5.74, 6) is -16.6. The van der Waals surface area contributed by atoms with Gasteiger partial charge in [0.05, 0.1) is 0 Å². The summed E-state index contributed by atoms with van der Waals surface area (Å²) < 4.78 is 172. The minimum absolute atomic E-state index is 3.21. The minimum Gasteiger partial charge on any atom is -0.224 e. The molecule has 14 heteroatoms. The van der Waals surface area contributed by atoms with E-state index < -0.39 is 54.6 Å². The van der Waals surface area contributed by atoms with Crippen LogP contribution in [0.1, 0.15) is 12.8 Å². The van der Waals surface area contributed by atoms with Crippen molar-refractivity contribution in [2.75, 3.05) is 0 Å². The number of hydrogen-bond donors (Lipinski definition) is 0. The van der Waals surface area contributed by atoms with Gasteiger partial charge >= 0.3 is 30.3 Å². The molecule has 0 rings (SSSR count). The first-order valence-corrected chi connectivity index (χ1v) is 5.10. The maximum Gasteiger partial charge on any atom is 0.431 e. The van der Waals surface area contributed by atoms with E-state index in [4.69, 9.17) is 0 Å². The van der Waals surface area contributed by atoms with Gasteiger partial charge in [0.25, 0.3) is 5.67 Å². The predicted octanol–water partition coefficient (Wildman–Crippen LogP) is 5.95. The smallest absolute Gasteiger partial charge is 0.224 e. The van der Waals surface area contributed by atoms with Crippen LogP contribution in [-0.2, 0) is 0 Å². The molecule has 0 saturated heterocycles. The third-order valence-electron chi connectivity index (χ3n) is 2.58. The van der Waals surface area contributed by atoms with Gasteiger partial charge < -0.3 is 0 Å². The molecule has 0 saturated carbocycles. The summed E-state index contributed by atoms with van der Waals surface area (Å²) in [5.41, 5.74) is -6.31. The van der Waals surface area contributed by atoms with E-state index in [0.29, 0.717) is 0 Å². The van der Waals surface area contributed by atoms with Crippen molar-refractivity contribution in [1.29, 1.82) is 0 Å². The Kier molecular flexibility index (Phi) is 5.68. The molecule has 0 N–H and O–H groups in total. The fraction of sp³-hybridized carbons (Fsp3) is 0.778. The van der Waals surface area contributed by atoms with Gasteiger partial charge in [-0.05, 0) is 0 Å². The summed E-state index contributed by atoms with van der Waals surface area (Å²) in [6.45, 7) is 0. The largest absolute Gasteiger partial charge is 0.431 e. The lowest BCUT2D eigenvalue weighted by Crippen LogP contribution is -2.54. The van der Waals surface area contributed by atoms with Crippen LogP contribution in [0, 0.1) is 0 Å². The van der Waals surface area contributed by atoms with Gasteiger partial charge in [-0.25, -0.2) is 4.39 Å². The maximum atomic E-state index is 13.0. The zero-order chi connectivity index (χ0) is 19.1. The molecule has 23 heavy (non-hydrogen) atoms. The van der Waals surface area contributed by atoms with Crippen molar-refractivity contribution >= 4 is 0 Å². The normalized spacial score (nSPS) is 14.9. The molecular formula is C9H4F14. The Morgan fingerprint density at radius 3 is 1.17 bits per heavy atom. The van der Waals surface area contributed by atoms with Crippen molar-refractivity contribution in [3.8, 4) is 0 Å². The highest BCUT2D eigenvalue weighted by molar-refractivity contribution is 5.11. The Morgan fingerprint density at radius 1 is 0.565 bits per heavy atom. The first kappa shape index (κ1) is 21.8. The van der Waals surface area contributed by atoms with Crippen molar-refractivity contribution in [1.82, 2.24) is 0 Å². The standard InChI is InChI=1S/C9H4F14/c10-3(4(11)12)7(16,17)6(14,15)2-1-5(13,8(18,19)20)9(21,22)23/h1-2H2. The molecule has 0 nitrogen and oxygen atoms in total. The number of rotatable bonds is 5. The Bertz CT molecular complexity index is 434. The summed E-state index contributed by atoms with van der Waals surface area (Å²) in [7, 11) is 0. The second-order valence-electron chi connectivity index (χ2n) is 4.15. The third-order valence-corrected chi connectivity index (χ3v) is 2.58. The molecule has 0 aromatic carbocycles. The van der Waals surface area contributed by atoms with E-state index in [-0.39, 0.29) is 0 Å². The van der Waals surface area contributed by atoms with Crippen molar-refractivity contribution in [3.05, 3.63) is 11.9 Å². The Morgan fingerprint density at radius 2 is 0.913 bits per heavy atom. The highest BCUT2D eigenvalue weighted by atomic mass is 19.4. The fourth-order valence-corrected chi connectivity index (χ4v) is 1.21. The van der Waals surface area contributed by atoms with E-state index in [2.05, 4.69) is 0 Å². The average Bonchev–Trinajstić information content (AvgIpc) is 2.31. The van der Waals surface area contributed by atoms with E-state index in [9.17, 15) is 61.5 Å². The number of halogens is 14. The van der Waals surface area contributed by atoms with E-state index in [0.717, 1.165) is 0 Å². The SMILES string of the molecule is FC(F)=C(F)C(F)(F)C(F)(F)CCC(F)(C(F)(F)F)C(F)(F)F. The van der Waals surface area contributed by atoms with Gasteiger partial charge in [0, 0.05) is 12.8 Å². The number of alkyl halides is 11. The Hall–Kier alpha value is -1.24. The van der Waals surface area contributed by atoms with Gasteiger partial charge in [0.15, 0.2) is 0 Å². The molecule has 0 bridgehead atoms. The maximum absolute atomic E-state index is 13.0. The summed E-state index contributed by atoms with van der Waals surface area (Å²) in [5, 5.41) is 0. The van der Waals surface area contributed by atoms with E-state index in [1.165, 1.54) is 0 Å². The van der Waals surface area contributed by atoms with Gasteiger partial charge in [-0.2, -0.15) is 57.1 Å². The van der Waals surface area contributed by atoms with Crippen LogP contribution < -0.4 is 0 Å². The van der Waals surface area contributed by atoms with Crippen molar-refractivity contribution in [3.63, 3.8) is 0 Å². The predicted molar refractivity (Wildman–Crippen MR) is 45.4 cm³/mol. The summed E-state index contributed by atoms with van der Waals surface area (Å²) in [4.78, 5) is 0. The highest BCUT2D eigenvalue weighted by Crippen LogP contribution is 2.52. The first-order valence-electron chi connectivity index (χ1n) is 5.10. The van der Waals surface area contributed by atoms with Crippen LogP contribution in [0.5, 0.6) is 0 Å². The molecule has 0 aromatic rings.